The van der Waals surface area contributed by atoms with Crippen molar-refractivity contribution in [2.24, 2.45) is 5.92 Å². The number of aliphatic hydroxyl groups excluding tert-OH is 1. The SMILES string of the molecule is CC(O)CC1CCN(Cc2cnc(Br)c(F)c2)CC1. The van der Waals surface area contributed by atoms with E-state index >= 15 is 0 Å². The summed E-state index contributed by atoms with van der Waals surface area (Å²) in [6.07, 6.45) is 4.62. The highest BCUT2D eigenvalue weighted by molar-refractivity contribution is 9.10. The van der Waals surface area contributed by atoms with E-state index in [0.717, 1.165) is 44.5 Å². The third kappa shape index (κ3) is 4.51. The molecule has 1 unspecified atom stereocenters. The van der Waals surface area contributed by atoms with Crippen LogP contribution in [0.25, 0.3) is 0 Å². The molecule has 2 heterocycles. The van der Waals surface area contributed by atoms with E-state index in [-0.39, 0.29) is 16.5 Å². The highest BCUT2D eigenvalue weighted by Gasteiger charge is 2.20. The van der Waals surface area contributed by atoms with Crippen LogP contribution < -0.4 is 0 Å². The van der Waals surface area contributed by atoms with Gasteiger partial charge in [-0.25, -0.2) is 9.37 Å². The second-order valence-electron chi connectivity index (χ2n) is 5.42. The van der Waals surface area contributed by atoms with Crippen LogP contribution in [0.2, 0.25) is 0 Å². The molecule has 1 aromatic rings. The lowest BCUT2D eigenvalue weighted by molar-refractivity contribution is 0.116. The molecule has 0 radical (unpaired) electrons. The highest BCUT2D eigenvalue weighted by atomic mass is 79.9. The Morgan fingerprint density at radius 2 is 2.21 bits per heavy atom. The number of aromatic nitrogens is 1. The topological polar surface area (TPSA) is 36.4 Å². The Balaban J connectivity index is 1.83. The van der Waals surface area contributed by atoms with E-state index < -0.39 is 0 Å². The largest absolute Gasteiger partial charge is 0.393 e. The summed E-state index contributed by atoms with van der Waals surface area (Å²) in [7, 11) is 0. The van der Waals surface area contributed by atoms with Crippen LogP contribution in [0.4, 0.5) is 4.39 Å². The van der Waals surface area contributed by atoms with Gasteiger partial charge in [0, 0.05) is 12.7 Å². The monoisotopic (exact) mass is 330 g/mol. The number of halogens is 2. The first-order valence-electron chi connectivity index (χ1n) is 6.75. The van der Waals surface area contributed by atoms with E-state index in [4.69, 9.17) is 0 Å². The minimum absolute atomic E-state index is 0.207. The number of piperidine rings is 1. The fourth-order valence-corrected chi connectivity index (χ4v) is 2.89. The Kier molecular flexibility index (Phi) is 5.30. The first-order valence-corrected chi connectivity index (χ1v) is 7.54. The molecule has 1 atom stereocenters. The van der Waals surface area contributed by atoms with Crippen LogP contribution in [-0.2, 0) is 6.54 Å². The molecule has 0 spiro atoms. The summed E-state index contributed by atoms with van der Waals surface area (Å²) in [4.78, 5) is 6.30. The van der Waals surface area contributed by atoms with Crippen LogP contribution >= 0.6 is 15.9 Å². The molecule has 1 aromatic heterocycles. The van der Waals surface area contributed by atoms with E-state index in [9.17, 15) is 9.50 Å². The maximum absolute atomic E-state index is 13.4. The van der Waals surface area contributed by atoms with Crippen molar-refractivity contribution >= 4 is 15.9 Å². The van der Waals surface area contributed by atoms with Crippen LogP contribution in [0, 0.1) is 11.7 Å². The van der Waals surface area contributed by atoms with Crippen molar-refractivity contribution in [3.05, 3.63) is 28.2 Å². The number of rotatable bonds is 4. The van der Waals surface area contributed by atoms with Crippen molar-refractivity contribution in [1.82, 2.24) is 9.88 Å². The molecule has 0 bridgehead atoms. The molecule has 1 saturated heterocycles. The third-order valence-corrected chi connectivity index (χ3v) is 4.22. The standard InChI is InChI=1S/C14H20BrFN2O/c1-10(19)6-11-2-4-18(5-3-11)9-12-7-13(16)14(15)17-8-12/h7-8,10-11,19H,2-6,9H2,1H3. The van der Waals surface area contributed by atoms with Crippen molar-refractivity contribution < 1.29 is 9.50 Å². The third-order valence-electron chi connectivity index (χ3n) is 3.64. The molecule has 1 aliphatic rings. The summed E-state index contributed by atoms with van der Waals surface area (Å²) in [5.74, 6) is 0.317. The van der Waals surface area contributed by atoms with Crippen LogP contribution in [0.15, 0.2) is 16.9 Å². The molecular formula is C14H20BrFN2O. The fourth-order valence-electron chi connectivity index (χ4n) is 2.67. The van der Waals surface area contributed by atoms with Crippen LogP contribution in [0.3, 0.4) is 0 Å². The van der Waals surface area contributed by atoms with E-state index in [1.54, 1.807) is 12.3 Å². The quantitative estimate of drug-likeness (QED) is 0.862. The molecule has 106 valence electrons. The van der Waals surface area contributed by atoms with Crippen LogP contribution in [0.1, 0.15) is 31.7 Å². The normalized spacial score (nSPS) is 19.6. The lowest BCUT2D eigenvalue weighted by atomic mass is 9.91. The van der Waals surface area contributed by atoms with Gasteiger partial charge in [-0.05, 0) is 72.8 Å². The molecule has 0 saturated carbocycles. The summed E-state index contributed by atoms with van der Waals surface area (Å²) in [5.41, 5.74) is 0.912. The van der Waals surface area contributed by atoms with E-state index in [0.29, 0.717) is 5.92 Å². The van der Waals surface area contributed by atoms with E-state index in [1.807, 2.05) is 6.92 Å². The van der Waals surface area contributed by atoms with Gasteiger partial charge in [0.25, 0.3) is 0 Å². The van der Waals surface area contributed by atoms with E-state index in [2.05, 4.69) is 25.8 Å². The molecular weight excluding hydrogens is 311 g/mol. The molecule has 1 fully saturated rings. The molecule has 1 aliphatic heterocycles. The van der Waals surface area contributed by atoms with Crippen molar-refractivity contribution in [2.45, 2.75) is 38.8 Å². The molecule has 0 aliphatic carbocycles. The number of nitrogens with zero attached hydrogens (tertiary/aromatic N) is 2. The molecule has 0 amide bonds. The minimum atomic E-state index is -0.304. The summed E-state index contributed by atoms with van der Waals surface area (Å²) in [6.45, 7) is 4.62. The van der Waals surface area contributed by atoms with Gasteiger partial charge in [-0.1, -0.05) is 0 Å². The number of hydrogen-bond acceptors (Lipinski definition) is 3. The van der Waals surface area contributed by atoms with Gasteiger partial charge in [0.2, 0.25) is 0 Å². The Bertz CT molecular complexity index is 420. The zero-order valence-electron chi connectivity index (χ0n) is 11.1. The van der Waals surface area contributed by atoms with Crippen molar-refractivity contribution in [3.8, 4) is 0 Å². The second kappa shape index (κ2) is 6.77. The number of hydrogen-bond donors (Lipinski definition) is 1. The highest BCUT2D eigenvalue weighted by Crippen LogP contribution is 2.23. The van der Waals surface area contributed by atoms with Crippen molar-refractivity contribution in [3.63, 3.8) is 0 Å². The Labute approximate surface area is 122 Å². The maximum atomic E-state index is 13.4. The van der Waals surface area contributed by atoms with Gasteiger partial charge in [0.15, 0.2) is 5.82 Å². The van der Waals surface area contributed by atoms with Crippen molar-refractivity contribution in [1.29, 1.82) is 0 Å². The van der Waals surface area contributed by atoms with Crippen molar-refractivity contribution in [2.75, 3.05) is 13.1 Å². The Morgan fingerprint density at radius 1 is 1.53 bits per heavy atom. The average molecular weight is 331 g/mol. The molecule has 2 rings (SSSR count). The lowest BCUT2D eigenvalue weighted by Gasteiger charge is -2.32. The van der Waals surface area contributed by atoms with Gasteiger partial charge >= 0.3 is 0 Å². The summed E-state index contributed by atoms with van der Waals surface area (Å²) >= 11 is 3.06. The van der Waals surface area contributed by atoms with Gasteiger partial charge < -0.3 is 5.11 Å². The summed E-state index contributed by atoms with van der Waals surface area (Å²) in [6, 6.07) is 1.54. The smallest absolute Gasteiger partial charge is 0.156 e. The molecule has 1 N–H and O–H groups in total. The zero-order chi connectivity index (χ0) is 13.8. The zero-order valence-corrected chi connectivity index (χ0v) is 12.7. The van der Waals surface area contributed by atoms with Gasteiger partial charge in [-0.3, -0.25) is 4.90 Å². The predicted molar refractivity (Wildman–Crippen MR) is 76.2 cm³/mol. The maximum Gasteiger partial charge on any atom is 0.156 e. The molecule has 0 aromatic carbocycles. The number of pyridine rings is 1. The predicted octanol–water partition coefficient (Wildman–Crippen LogP) is 2.97. The van der Waals surface area contributed by atoms with Gasteiger partial charge in [-0.2, -0.15) is 0 Å². The summed E-state index contributed by atoms with van der Waals surface area (Å²) < 4.78 is 13.7. The minimum Gasteiger partial charge on any atom is -0.393 e. The van der Waals surface area contributed by atoms with E-state index in [1.165, 1.54) is 0 Å². The number of aliphatic hydroxyl groups is 1. The Hall–Kier alpha value is -0.520. The molecule has 19 heavy (non-hydrogen) atoms. The van der Waals surface area contributed by atoms with Gasteiger partial charge in [0.05, 0.1) is 6.10 Å². The van der Waals surface area contributed by atoms with Crippen LogP contribution in [-0.4, -0.2) is 34.2 Å². The number of likely N-dealkylation sites (tertiary alicyclic amines) is 1. The van der Waals surface area contributed by atoms with Crippen LogP contribution in [0.5, 0.6) is 0 Å². The first-order chi connectivity index (χ1) is 9.04. The second-order valence-corrected chi connectivity index (χ2v) is 6.17. The summed E-state index contributed by atoms with van der Waals surface area (Å²) in [5, 5.41) is 9.39. The lowest BCUT2D eigenvalue weighted by Crippen LogP contribution is -2.34. The molecule has 5 heteroatoms. The van der Waals surface area contributed by atoms with Gasteiger partial charge in [0.1, 0.15) is 4.60 Å². The first kappa shape index (κ1) is 14.9. The molecule has 3 nitrogen and oxygen atoms in total. The average Bonchev–Trinajstić information content (AvgIpc) is 2.36. The Morgan fingerprint density at radius 3 is 2.79 bits per heavy atom. The fraction of sp³-hybridized carbons (Fsp3) is 0.643. The van der Waals surface area contributed by atoms with Gasteiger partial charge in [-0.15, -0.1) is 0 Å².